The van der Waals surface area contributed by atoms with Crippen LogP contribution in [0.3, 0.4) is 0 Å². The third-order valence-corrected chi connectivity index (χ3v) is 6.01. The maximum atomic E-state index is 13.5. The van der Waals surface area contributed by atoms with Crippen molar-refractivity contribution in [3.8, 4) is 5.88 Å². The monoisotopic (exact) mass is 435 g/mol. The predicted octanol–water partition coefficient (Wildman–Crippen LogP) is 4.32. The molecule has 2 aromatic carbocycles. The van der Waals surface area contributed by atoms with E-state index in [4.69, 9.17) is 21.3 Å². The summed E-state index contributed by atoms with van der Waals surface area (Å²) in [4.78, 5) is 23.4. The van der Waals surface area contributed by atoms with Gasteiger partial charge in [0.1, 0.15) is 5.82 Å². The minimum Gasteiger partial charge on any atom is -0.481 e. The van der Waals surface area contributed by atoms with Gasteiger partial charge in [0.15, 0.2) is 0 Å². The first-order valence-electron chi connectivity index (χ1n) is 9.93. The van der Waals surface area contributed by atoms with Gasteiger partial charge in [-0.2, -0.15) is 0 Å². The molecule has 7 heteroatoms. The zero-order chi connectivity index (χ0) is 21.5. The van der Waals surface area contributed by atoms with Gasteiger partial charge in [0.2, 0.25) is 11.8 Å². The van der Waals surface area contributed by atoms with Crippen LogP contribution in [0.15, 0.2) is 53.7 Å². The number of aromatic nitrogens is 1. The smallest absolute Gasteiger partial charge is 0.227 e. The number of benzene rings is 2. The number of ether oxygens (including phenoxy) is 1. The van der Waals surface area contributed by atoms with Crippen LogP contribution in [-0.2, 0) is 30.8 Å². The molecule has 0 saturated heterocycles. The second kappa shape index (κ2) is 7.78. The zero-order valence-corrected chi connectivity index (χ0v) is 17.6. The highest BCUT2D eigenvalue weighted by atomic mass is 35.5. The summed E-state index contributed by atoms with van der Waals surface area (Å²) in [5, 5.41) is 0.0637. The minimum atomic E-state index is -0.462. The Hall–Kier alpha value is -3.25. The largest absolute Gasteiger partial charge is 0.481 e. The van der Waals surface area contributed by atoms with Gasteiger partial charge >= 0.3 is 0 Å². The van der Waals surface area contributed by atoms with E-state index in [1.54, 1.807) is 30.3 Å². The number of hydrogen-bond acceptors (Lipinski definition) is 4. The standard InChI is InChI=1S/C24H19ClFN3O2/c1-31-22-9-15(4-5-27-22)24-19-8-18-13-29(12-14-2-3-21(26)20(25)6-14)23(30)10-16(18)7-17(19)11-28-24/h2-9H,10-13H2,1H3. The Morgan fingerprint density at radius 1 is 1.13 bits per heavy atom. The van der Waals surface area contributed by atoms with Crippen molar-refractivity contribution in [2.75, 3.05) is 7.11 Å². The predicted molar refractivity (Wildman–Crippen MR) is 116 cm³/mol. The molecule has 3 heterocycles. The van der Waals surface area contributed by atoms with Crippen molar-refractivity contribution in [2.45, 2.75) is 26.1 Å². The van der Waals surface area contributed by atoms with Crippen molar-refractivity contribution >= 4 is 23.2 Å². The topological polar surface area (TPSA) is 54.8 Å². The second-order valence-corrected chi connectivity index (χ2v) is 8.11. The lowest BCUT2D eigenvalue weighted by atomic mass is 9.91. The lowest BCUT2D eigenvalue weighted by Gasteiger charge is -2.29. The van der Waals surface area contributed by atoms with E-state index >= 15 is 0 Å². The van der Waals surface area contributed by atoms with E-state index in [2.05, 4.69) is 17.1 Å². The molecule has 1 aromatic heterocycles. The zero-order valence-electron chi connectivity index (χ0n) is 16.9. The third-order valence-electron chi connectivity index (χ3n) is 5.72. The van der Waals surface area contributed by atoms with Gasteiger partial charge in [0.25, 0.3) is 0 Å². The molecule has 0 bridgehead atoms. The van der Waals surface area contributed by atoms with Crippen LogP contribution >= 0.6 is 11.6 Å². The number of amides is 1. The van der Waals surface area contributed by atoms with E-state index in [9.17, 15) is 9.18 Å². The molecule has 5 nitrogen and oxygen atoms in total. The minimum absolute atomic E-state index is 0.0471. The fourth-order valence-electron chi connectivity index (χ4n) is 4.14. The van der Waals surface area contributed by atoms with Crippen LogP contribution in [0.4, 0.5) is 4.39 Å². The second-order valence-electron chi connectivity index (χ2n) is 7.70. The van der Waals surface area contributed by atoms with Crippen molar-refractivity contribution in [2.24, 2.45) is 4.99 Å². The first-order valence-corrected chi connectivity index (χ1v) is 10.3. The van der Waals surface area contributed by atoms with Crippen molar-refractivity contribution in [1.29, 1.82) is 0 Å². The molecule has 0 unspecified atom stereocenters. The SMILES string of the molecule is COc1cc(C2=NCc3cc4c(cc32)CN(Cc2ccc(F)c(Cl)c2)C(=O)C4)ccn1. The van der Waals surface area contributed by atoms with E-state index in [0.717, 1.165) is 39.1 Å². The number of fused-ring (bicyclic) bond motifs is 2. The van der Waals surface area contributed by atoms with Gasteiger partial charge in [0, 0.05) is 36.5 Å². The fourth-order valence-corrected chi connectivity index (χ4v) is 4.34. The number of carbonyl (C=O) groups excluding carboxylic acids is 1. The Labute approximate surface area is 184 Å². The summed E-state index contributed by atoms with van der Waals surface area (Å²) in [6.45, 7) is 1.47. The molecular formula is C24H19ClFN3O2. The van der Waals surface area contributed by atoms with Gasteiger partial charge in [0.05, 0.1) is 30.8 Å². The first-order chi connectivity index (χ1) is 15.0. The number of halogens is 2. The van der Waals surface area contributed by atoms with Crippen molar-refractivity contribution in [1.82, 2.24) is 9.88 Å². The van der Waals surface area contributed by atoms with Gasteiger partial charge < -0.3 is 9.64 Å². The summed E-state index contributed by atoms with van der Waals surface area (Å²) in [7, 11) is 1.59. The molecule has 0 fully saturated rings. The van der Waals surface area contributed by atoms with Gasteiger partial charge in [-0.15, -0.1) is 0 Å². The number of methoxy groups -OCH3 is 1. The highest BCUT2D eigenvalue weighted by molar-refractivity contribution is 6.30. The molecule has 156 valence electrons. The number of hydrogen-bond donors (Lipinski definition) is 0. The molecule has 0 aliphatic carbocycles. The van der Waals surface area contributed by atoms with Crippen LogP contribution in [0.5, 0.6) is 5.88 Å². The highest BCUT2D eigenvalue weighted by Gasteiger charge is 2.27. The molecule has 31 heavy (non-hydrogen) atoms. The third kappa shape index (κ3) is 3.68. The molecular weight excluding hydrogens is 417 g/mol. The Morgan fingerprint density at radius 3 is 2.81 bits per heavy atom. The number of aliphatic imine (C=N–C) groups is 1. The average Bonchev–Trinajstić information content (AvgIpc) is 3.18. The van der Waals surface area contributed by atoms with E-state index in [-0.39, 0.29) is 10.9 Å². The Kier molecular flexibility index (Phi) is 4.94. The number of carbonyl (C=O) groups is 1. The number of nitrogens with zero attached hydrogens (tertiary/aromatic N) is 3. The molecule has 0 N–H and O–H groups in total. The summed E-state index contributed by atoms with van der Waals surface area (Å²) < 4.78 is 18.7. The molecule has 0 atom stereocenters. The van der Waals surface area contributed by atoms with Crippen LogP contribution in [0.1, 0.15) is 33.4 Å². The van der Waals surface area contributed by atoms with Crippen LogP contribution < -0.4 is 4.74 Å². The van der Waals surface area contributed by atoms with Gasteiger partial charge in [-0.1, -0.05) is 23.7 Å². The molecule has 2 aliphatic rings. The van der Waals surface area contributed by atoms with Crippen LogP contribution in [-0.4, -0.2) is 28.6 Å². The van der Waals surface area contributed by atoms with Gasteiger partial charge in [-0.25, -0.2) is 9.37 Å². The van der Waals surface area contributed by atoms with Gasteiger partial charge in [-0.3, -0.25) is 9.79 Å². The Balaban J connectivity index is 1.44. The van der Waals surface area contributed by atoms with E-state index in [1.165, 1.54) is 6.07 Å². The molecule has 1 amide bonds. The molecule has 0 saturated carbocycles. The first kappa shape index (κ1) is 19.7. The summed E-state index contributed by atoms with van der Waals surface area (Å²) in [5.74, 6) is 0.128. The van der Waals surface area contributed by atoms with Crippen LogP contribution in [0.25, 0.3) is 0 Å². The molecule has 3 aromatic rings. The number of rotatable bonds is 4. The maximum absolute atomic E-state index is 13.5. The van der Waals surface area contributed by atoms with E-state index in [0.29, 0.717) is 31.9 Å². The molecule has 0 spiro atoms. The summed E-state index contributed by atoms with van der Waals surface area (Å²) in [6.07, 6.45) is 2.05. The lowest BCUT2D eigenvalue weighted by Crippen LogP contribution is -2.35. The molecule has 5 rings (SSSR count). The van der Waals surface area contributed by atoms with Crippen molar-refractivity contribution in [3.63, 3.8) is 0 Å². The average molecular weight is 436 g/mol. The summed E-state index contributed by atoms with van der Waals surface area (Å²) in [6, 6.07) is 12.6. The van der Waals surface area contributed by atoms with Crippen molar-refractivity contribution in [3.05, 3.63) is 92.9 Å². The Bertz CT molecular complexity index is 1240. The summed E-state index contributed by atoms with van der Waals surface area (Å²) in [5.41, 5.74) is 7.00. The molecule has 2 aliphatic heterocycles. The fraction of sp³-hybridized carbons (Fsp3) is 0.208. The normalized spacial score (nSPS) is 14.9. The lowest BCUT2D eigenvalue weighted by molar-refractivity contribution is -0.132. The van der Waals surface area contributed by atoms with Crippen LogP contribution in [0.2, 0.25) is 5.02 Å². The number of pyridine rings is 1. The molecule has 0 radical (unpaired) electrons. The van der Waals surface area contributed by atoms with E-state index in [1.807, 2.05) is 12.1 Å². The Morgan fingerprint density at radius 2 is 2.00 bits per heavy atom. The summed E-state index contributed by atoms with van der Waals surface area (Å²) >= 11 is 5.90. The van der Waals surface area contributed by atoms with Crippen LogP contribution in [0, 0.1) is 5.82 Å². The van der Waals surface area contributed by atoms with Gasteiger partial charge in [-0.05, 0) is 46.5 Å². The van der Waals surface area contributed by atoms with E-state index < -0.39 is 5.82 Å². The quantitative estimate of drug-likeness (QED) is 0.613. The highest BCUT2D eigenvalue weighted by Crippen LogP contribution is 2.31. The maximum Gasteiger partial charge on any atom is 0.227 e. The van der Waals surface area contributed by atoms with Crippen molar-refractivity contribution < 1.29 is 13.9 Å².